The molecule has 2 aromatic rings. The first-order valence-corrected chi connectivity index (χ1v) is 17.4. The zero-order valence-corrected chi connectivity index (χ0v) is 28.4. The number of nitrogens with zero attached hydrogens (tertiary/aromatic N) is 1. The number of thiocarbonyl (C=S) groups is 1. The van der Waals surface area contributed by atoms with Crippen molar-refractivity contribution in [2.24, 2.45) is 29.6 Å². The average Bonchev–Trinajstić information content (AvgIpc) is 3.26. The molecule has 1 aliphatic heterocycles. The molecular weight excluding hydrogens is 609 g/mol. The minimum Gasteiger partial charge on any atom is -0.497 e. The van der Waals surface area contributed by atoms with Crippen molar-refractivity contribution < 1.29 is 28.2 Å². The van der Waals surface area contributed by atoms with Crippen LogP contribution >= 0.6 is 24.0 Å². The van der Waals surface area contributed by atoms with Crippen LogP contribution in [0.2, 0.25) is 0 Å². The maximum absolute atomic E-state index is 13.9. The Morgan fingerprint density at radius 3 is 2.56 bits per heavy atom. The molecule has 10 heteroatoms. The smallest absolute Gasteiger partial charge is 0.323 e. The summed E-state index contributed by atoms with van der Waals surface area (Å²) in [4.78, 5) is 29.0. The van der Waals surface area contributed by atoms with Crippen molar-refractivity contribution in [3.05, 3.63) is 40.5 Å². The molecule has 45 heavy (non-hydrogen) atoms. The lowest BCUT2D eigenvalue weighted by atomic mass is 9.85. The Balaban J connectivity index is 1.22. The monoisotopic (exact) mass is 652 g/mol. The molecule has 6 rings (SSSR count). The van der Waals surface area contributed by atoms with Crippen LogP contribution in [0.15, 0.2) is 33.6 Å². The van der Waals surface area contributed by atoms with Gasteiger partial charge in [0.15, 0.2) is 0 Å². The number of methoxy groups -OCH3 is 2. The molecule has 0 spiro atoms. The molecule has 0 radical (unpaired) electrons. The number of ether oxygens (including phenoxy) is 3. The molecule has 1 amide bonds. The van der Waals surface area contributed by atoms with Crippen molar-refractivity contribution in [2.75, 3.05) is 27.9 Å². The van der Waals surface area contributed by atoms with Crippen LogP contribution in [0.4, 0.5) is 0 Å². The number of hydrogen-bond donors (Lipinski definition) is 1. The second-order valence-corrected chi connectivity index (χ2v) is 14.9. The van der Waals surface area contributed by atoms with Gasteiger partial charge < -0.3 is 23.9 Å². The largest absolute Gasteiger partial charge is 0.497 e. The van der Waals surface area contributed by atoms with Gasteiger partial charge in [-0.2, -0.15) is 0 Å². The van der Waals surface area contributed by atoms with Gasteiger partial charge in [-0.15, -0.1) is 0 Å². The normalized spacial score (nSPS) is 26.8. The summed E-state index contributed by atoms with van der Waals surface area (Å²) in [5, 5.41) is 3.06. The number of aryl methyl sites for hydroxylation is 1. The first kappa shape index (κ1) is 32.1. The SMILES string of the molecule is CNC(CC(C)C)C(=O)OCCCc1cc(-c2cc(OC)cc(OC)c2)oc1/C=C1\SC(=S)N(C2CC3CCCC4C3C42)C1=O. The number of nitrogens with one attached hydrogen (secondary N) is 1. The van der Waals surface area contributed by atoms with Crippen molar-refractivity contribution >= 4 is 46.3 Å². The number of esters is 1. The Hall–Kier alpha value is -2.82. The molecule has 6 unspecified atom stereocenters. The van der Waals surface area contributed by atoms with Gasteiger partial charge in [0.2, 0.25) is 0 Å². The predicted octanol–water partition coefficient (Wildman–Crippen LogP) is 6.71. The van der Waals surface area contributed by atoms with Crippen LogP contribution in [-0.4, -0.2) is 61.1 Å². The van der Waals surface area contributed by atoms with Crippen LogP contribution in [0.1, 0.15) is 63.7 Å². The number of furan rings is 1. The van der Waals surface area contributed by atoms with Gasteiger partial charge >= 0.3 is 5.97 Å². The molecule has 1 N–H and O–H groups in total. The number of amides is 1. The van der Waals surface area contributed by atoms with Crippen molar-refractivity contribution in [1.29, 1.82) is 0 Å². The fraction of sp³-hybridized carbons (Fsp3) is 0.571. The van der Waals surface area contributed by atoms with E-state index in [1.165, 1.54) is 31.0 Å². The number of fused-ring (bicyclic) bond motifs is 1. The summed E-state index contributed by atoms with van der Waals surface area (Å²) in [6.07, 6.45) is 8.76. The van der Waals surface area contributed by atoms with E-state index >= 15 is 0 Å². The van der Waals surface area contributed by atoms with Gasteiger partial charge in [-0.1, -0.05) is 50.7 Å². The van der Waals surface area contributed by atoms with Gasteiger partial charge in [0.05, 0.1) is 25.7 Å². The van der Waals surface area contributed by atoms with E-state index in [-0.39, 0.29) is 30.6 Å². The molecule has 6 atom stereocenters. The number of carbonyl (C=O) groups is 2. The highest BCUT2D eigenvalue weighted by Crippen LogP contribution is 2.67. The third kappa shape index (κ3) is 6.56. The topological polar surface area (TPSA) is 90.2 Å². The average molecular weight is 653 g/mol. The summed E-state index contributed by atoms with van der Waals surface area (Å²) in [6.45, 7) is 4.46. The Labute approximate surface area is 275 Å². The van der Waals surface area contributed by atoms with Crippen molar-refractivity contribution in [3.8, 4) is 22.8 Å². The molecule has 242 valence electrons. The maximum Gasteiger partial charge on any atom is 0.323 e. The summed E-state index contributed by atoms with van der Waals surface area (Å²) in [5.41, 5.74) is 1.73. The van der Waals surface area contributed by atoms with Gasteiger partial charge in [-0.25, -0.2) is 0 Å². The fourth-order valence-corrected chi connectivity index (χ4v) is 9.27. The molecule has 1 aromatic carbocycles. The van der Waals surface area contributed by atoms with Crippen LogP contribution in [0.3, 0.4) is 0 Å². The van der Waals surface area contributed by atoms with Crippen molar-refractivity contribution in [3.63, 3.8) is 0 Å². The summed E-state index contributed by atoms with van der Waals surface area (Å²) in [6, 6.07) is 7.50. The van der Waals surface area contributed by atoms with Crippen molar-refractivity contribution in [1.82, 2.24) is 10.2 Å². The maximum atomic E-state index is 13.9. The number of thioether (sulfide) groups is 1. The zero-order valence-electron chi connectivity index (χ0n) is 26.8. The minimum atomic E-state index is -0.323. The molecular formula is C35H44N2O6S2. The number of benzene rings is 1. The highest BCUT2D eigenvalue weighted by atomic mass is 32.2. The van der Waals surface area contributed by atoms with E-state index in [1.54, 1.807) is 21.3 Å². The third-order valence-electron chi connectivity index (χ3n) is 10.0. The number of likely N-dealkylation sites (N-methyl/N-ethyl adjacent to an activating group) is 1. The van der Waals surface area contributed by atoms with Crippen LogP contribution in [0, 0.1) is 29.6 Å². The lowest BCUT2D eigenvalue weighted by Gasteiger charge is -2.29. The lowest BCUT2D eigenvalue weighted by molar-refractivity contribution is -0.146. The van der Waals surface area contributed by atoms with Crippen LogP contribution in [0.25, 0.3) is 17.4 Å². The van der Waals surface area contributed by atoms with E-state index in [2.05, 4.69) is 19.2 Å². The molecule has 4 fully saturated rings. The first-order valence-electron chi connectivity index (χ1n) is 16.2. The van der Waals surface area contributed by atoms with E-state index in [4.69, 9.17) is 30.8 Å². The minimum absolute atomic E-state index is 0.00948. The highest BCUT2D eigenvalue weighted by Gasteiger charge is 2.66. The van der Waals surface area contributed by atoms with Crippen LogP contribution < -0.4 is 14.8 Å². The molecule has 1 aromatic heterocycles. The summed E-state index contributed by atoms with van der Waals surface area (Å²) < 4.78 is 23.7. The van der Waals surface area contributed by atoms with Crippen LogP contribution in [-0.2, 0) is 20.7 Å². The summed E-state index contributed by atoms with van der Waals surface area (Å²) in [7, 11) is 5.01. The summed E-state index contributed by atoms with van der Waals surface area (Å²) >= 11 is 7.18. The van der Waals surface area contributed by atoms with Crippen molar-refractivity contribution in [2.45, 2.75) is 70.9 Å². The Morgan fingerprint density at radius 1 is 1.16 bits per heavy atom. The number of hydrogen-bond acceptors (Lipinski definition) is 9. The molecule has 0 bridgehead atoms. The summed E-state index contributed by atoms with van der Waals surface area (Å²) in [5.74, 6) is 5.60. The van der Waals surface area contributed by atoms with E-state index in [0.717, 1.165) is 41.7 Å². The van der Waals surface area contributed by atoms with Gasteiger partial charge in [0.1, 0.15) is 33.4 Å². The third-order valence-corrected chi connectivity index (χ3v) is 11.3. The van der Waals surface area contributed by atoms with Gasteiger partial charge in [0, 0.05) is 23.7 Å². The molecule has 2 heterocycles. The van der Waals surface area contributed by atoms with Gasteiger partial charge in [0.25, 0.3) is 5.91 Å². The lowest BCUT2D eigenvalue weighted by Crippen LogP contribution is -2.40. The van der Waals surface area contributed by atoms with E-state index < -0.39 is 0 Å². The van der Waals surface area contributed by atoms with E-state index in [9.17, 15) is 9.59 Å². The molecule has 1 saturated heterocycles. The van der Waals surface area contributed by atoms with Gasteiger partial charge in [-0.05, 0) is 92.5 Å². The number of rotatable bonds is 13. The van der Waals surface area contributed by atoms with Crippen LogP contribution in [0.5, 0.6) is 11.5 Å². The number of carbonyl (C=O) groups excluding carboxylic acids is 2. The Morgan fingerprint density at radius 2 is 1.91 bits per heavy atom. The standard InChI is InChI=1S/C35H44N2O6S2/c1-19(2)12-26(36-3)34(39)42-11-7-9-20-16-28(22-13-23(40-4)17-24(14-22)41-5)43-29(20)18-30-33(38)37(35(44)45-30)27-15-21-8-6-10-25-31(21)32(25)27/h13-14,16-19,21,25-27,31-32,36H,6-12,15H2,1-5H3/b30-18-. The highest BCUT2D eigenvalue weighted by molar-refractivity contribution is 8.26. The fourth-order valence-electron chi connectivity index (χ4n) is 7.92. The first-order chi connectivity index (χ1) is 21.7. The second-order valence-electron chi connectivity index (χ2n) is 13.2. The predicted molar refractivity (Wildman–Crippen MR) is 180 cm³/mol. The van der Waals surface area contributed by atoms with E-state index in [1.807, 2.05) is 35.2 Å². The quantitative estimate of drug-likeness (QED) is 0.110. The second kappa shape index (κ2) is 13.5. The Kier molecular flexibility index (Phi) is 9.64. The molecule has 3 saturated carbocycles. The zero-order chi connectivity index (χ0) is 31.8. The van der Waals surface area contributed by atoms with Gasteiger partial charge in [-0.3, -0.25) is 14.5 Å². The molecule has 8 nitrogen and oxygen atoms in total. The van der Waals surface area contributed by atoms with E-state index in [0.29, 0.717) is 56.9 Å². The molecule has 3 aliphatic carbocycles. The molecule has 4 aliphatic rings. The Bertz CT molecular complexity index is 1460.